The zero-order chi connectivity index (χ0) is 9.52. The minimum absolute atomic E-state index is 1.04. The maximum Gasteiger partial charge on any atom is 0.0104 e. The van der Waals surface area contributed by atoms with Crippen LogP contribution in [0.1, 0.15) is 32.1 Å². The first-order valence-electron chi connectivity index (χ1n) is 5.66. The second-order valence-corrected chi connectivity index (χ2v) is 4.35. The molecular weight excluding hydrogens is 160 g/mol. The third-order valence-electron chi connectivity index (χ3n) is 3.14. The molecule has 2 heteroatoms. The molecule has 0 aliphatic heterocycles. The van der Waals surface area contributed by atoms with E-state index in [0.29, 0.717) is 0 Å². The van der Waals surface area contributed by atoms with E-state index in [2.05, 4.69) is 17.3 Å². The summed E-state index contributed by atoms with van der Waals surface area (Å²) in [5.74, 6) is 1.04. The molecule has 1 aliphatic carbocycles. The Hall–Kier alpha value is -0.0800. The molecule has 1 aliphatic rings. The second kappa shape index (κ2) is 6.39. The van der Waals surface area contributed by atoms with Gasteiger partial charge in [-0.15, -0.1) is 0 Å². The van der Waals surface area contributed by atoms with Gasteiger partial charge in [0.1, 0.15) is 0 Å². The summed E-state index contributed by atoms with van der Waals surface area (Å²) in [5, 5.41) is 3.18. The van der Waals surface area contributed by atoms with Crippen LogP contribution < -0.4 is 5.32 Å². The molecule has 1 N–H and O–H groups in total. The zero-order valence-electron chi connectivity index (χ0n) is 9.18. The van der Waals surface area contributed by atoms with Crippen LogP contribution in [-0.4, -0.2) is 38.6 Å². The molecule has 0 unspecified atom stereocenters. The van der Waals surface area contributed by atoms with Gasteiger partial charge >= 0.3 is 0 Å². The molecule has 1 rings (SSSR count). The molecule has 0 aromatic rings. The maximum atomic E-state index is 3.18. The number of hydrogen-bond acceptors (Lipinski definition) is 2. The van der Waals surface area contributed by atoms with Crippen LogP contribution in [0.2, 0.25) is 0 Å². The van der Waals surface area contributed by atoms with Crippen molar-refractivity contribution in [1.29, 1.82) is 0 Å². The SMILES string of the molecule is CNCCN(C)CCC1CCCC1. The zero-order valence-corrected chi connectivity index (χ0v) is 9.18. The van der Waals surface area contributed by atoms with E-state index in [0.717, 1.165) is 12.5 Å². The number of hydrogen-bond donors (Lipinski definition) is 1. The Balaban J connectivity index is 1.97. The first-order chi connectivity index (χ1) is 6.33. The molecule has 0 aromatic carbocycles. The third-order valence-corrected chi connectivity index (χ3v) is 3.14. The highest BCUT2D eigenvalue weighted by Gasteiger charge is 2.14. The van der Waals surface area contributed by atoms with Crippen LogP contribution >= 0.6 is 0 Å². The molecule has 0 atom stereocenters. The Labute approximate surface area is 82.7 Å². The molecule has 0 saturated heterocycles. The van der Waals surface area contributed by atoms with Crippen LogP contribution in [-0.2, 0) is 0 Å². The molecule has 0 heterocycles. The van der Waals surface area contributed by atoms with Crippen LogP contribution in [0, 0.1) is 5.92 Å². The lowest BCUT2D eigenvalue weighted by molar-refractivity contribution is 0.302. The third kappa shape index (κ3) is 4.63. The summed E-state index contributed by atoms with van der Waals surface area (Å²) in [7, 11) is 4.25. The van der Waals surface area contributed by atoms with Crippen LogP contribution in [0.15, 0.2) is 0 Å². The molecule has 78 valence electrons. The van der Waals surface area contributed by atoms with Crippen LogP contribution in [0.25, 0.3) is 0 Å². The van der Waals surface area contributed by atoms with Crippen LogP contribution in [0.5, 0.6) is 0 Å². The first-order valence-corrected chi connectivity index (χ1v) is 5.66. The van der Waals surface area contributed by atoms with E-state index < -0.39 is 0 Å². The Morgan fingerprint density at radius 2 is 1.92 bits per heavy atom. The average molecular weight is 184 g/mol. The van der Waals surface area contributed by atoms with Gasteiger partial charge < -0.3 is 10.2 Å². The lowest BCUT2D eigenvalue weighted by Crippen LogP contribution is -2.28. The molecule has 1 fully saturated rings. The van der Waals surface area contributed by atoms with Gasteiger partial charge in [0.15, 0.2) is 0 Å². The molecule has 0 aromatic heterocycles. The molecular formula is C11H24N2. The Bertz CT molecular complexity index is 119. The summed E-state index contributed by atoms with van der Waals surface area (Å²) in [4.78, 5) is 2.44. The van der Waals surface area contributed by atoms with Gasteiger partial charge in [-0.1, -0.05) is 25.7 Å². The van der Waals surface area contributed by atoms with Gasteiger partial charge in [0.05, 0.1) is 0 Å². The summed E-state index contributed by atoms with van der Waals surface area (Å²) < 4.78 is 0. The van der Waals surface area contributed by atoms with Gasteiger partial charge in [0.2, 0.25) is 0 Å². The van der Waals surface area contributed by atoms with Gasteiger partial charge in [-0.25, -0.2) is 0 Å². The fourth-order valence-corrected chi connectivity index (χ4v) is 2.12. The molecule has 0 amide bonds. The van der Waals surface area contributed by atoms with Gasteiger partial charge in [-0.05, 0) is 33.0 Å². The molecule has 2 nitrogen and oxygen atoms in total. The van der Waals surface area contributed by atoms with Crippen molar-refractivity contribution < 1.29 is 0 Å². The Morgan fingerprint density at radius 3 is 2.54 bits per heavy atom. The van der Waals surface area contributed by atoms with E-state index in [4.69, 9.17) is 0 Å². The average Bonchev–Trinajstić information content (AvgIpc) is 2.64. The number of nitrogens with zero attached hydrogens (tertiary/aromatic N) is 1. The Morgan fingerprint density at radius 1 is 1.23 bits per heavy atom. The maximum absolute atomic E-state index is 3.18. The highest BCUT2D eigenvalue weighted by atomic mass is 15.1. The van der Waals surface area contributed by atoms with Crippen molar-refractivity contribution in [3.63, 3.8) is 0 Å². The summed E-state index contributed by atoms with van der Waals surface area (Å²) in [6.07, 6.45) is 7.34. The van der Waals surface area contributed by atoms with Crippen molar-refractivity contribution in [2.24, 2.45) is 5.92 Å². The predicted molar refractivity (Wildman–Crippen MR) is 58.0 cm³/mol. The monoisotopic (exact) mass is 184 g/mol. The van der Waals surface area contributed by atoms with E-state index in [1.54, 1.807) is 0 Å². The van der Waals surface area contributed by atoms with Gasteiger partial charge in [0, 0.05) is 13.1 Å². The quantitative estimate of drug-likeness (QED) is 0.676. The van der Waals surface area contributed by atoms with Crippen molar-refractivity contribution in [3.05, 3.63) is 0 Å². The highest BCUT2D eigenvalue weighted by molar-refractivity contribution is 4.68. The standard InChI is InChI=1S/C11H24N2/c1-12-8-10-13(2)9-7-11-5-3-4-6-11/h11-12H,3-10H2,1-2H3. The largest absolute Gasteiger partial charge is 0.318 e. The van der Waals surface area contributed by atoms with E-state index >= 15 is 0 Å². The van der Waals surface area contributed by atoms with Gasteiger partial charge in [0.25, 0.3) is 0 Å². The number of nitrogens with one attached hydrogen (secondary N) is 1. The fourth-order valence-electron chi connectivity index (χ4n) is 2.12. The number of likely N-dealkylation sites (N-methyl/N-ethyl adjacent to an activating group) is 2. The molecule has 0 radical (unpaired) electrons. The van der Waals surface area contributed by atoms with Crippen molar-refractivity contribution in [1.82, 2.24) is 10.2 Å². The predicted octanol–water partition coefficient (Wildman–Crippen LogP) is 1.72. The lowest BCUT2D eigenvalue weighted by Gasteiger charge is -2.18. The molecule has 13 heavy (non-hydrogen) atoms. The first kappa shape index (κ1) is 11.0. The molecule has 1 saturated carbocycles. The minimum atomic E-state index is 1.04. The molecule has 0 bridgehead atoms. The van der Waals surface area contributed by atoms with E-state index in [-0.39, 0.29) is 0 Å². The van der Waals surface area contributed by atoms with Crippen molar-refractivity contribution in [3.8, 4) is 0 Å². The van der Waals surface area contributed by atoms with Crippen LogP contribution in [0.3, 0.4) is 0 Å². The van der Waals surface area contributed by atoms with Gasteiger partial charge in [-0.3, -0.25) is 0 Å². The van der Waals surface area contributed by atoms with Gasteiger partial charge in [-0.2, -0.15) is 0 Å². The topological polar surface area (TPSA) is 15.3 Å². The normalized spacial score (nSPS) is 18.7. The summed E-state index contributed by atoms with van der Waals surface area (Å²) in [5.41, 5.74) is 0. The second-order valence-electron chi connectivity index (χ2n) is 4.35. The van der Waals surface area contributed by atoms with Crippen molar-refractivity contribution in [2.45, 2.75) is 32.1 Å². The lowest BCUT2D eigenvalue weighted by atomic mass is 10.0. The van der Waals surface area contributed by atoms with E-state index in [1.165, 1.54) is 45.2 Å². The molecule has 0 spiro atoms. The van der Waals surface area contributed by atoms with Crippen molar-refractivity contribution in [2.75, 3.05) is 33.7 Å². The Kier molecular flexibility index (Phi) is 5.40. The highest BCUT2D eigenvalue weighted by Crippen LogP contribution is 2.27. The minimum Gasteiger partial charge on any atom is -0.318 e. The van der Waals surface area contributed by atoms with Crippen molar-refractivity contribution >= 4 is 0 Å². The van der Waals surface area contributed by atoms with E-state index in [9.17, 15) is 0 Å². The smallest absolute Gasteiger partial charge is 0.0104 e. The number of rotatable bonds is 6. The summed E-state index contributed by atoms with van der Waals surface area (Å²) in [6.45, 7) is 3.58. The summed E-state index contributed by atoms with van der Waals surface area (Å²) in [6, 6.07) is 0. The van der Waals surface area contributed by atoms with E-state index in [1.807, 2.05) is 7.05 Å². The summed E-state index contributed by atoms with van der Waals surface area (Å²) >= 11 is 0. The fraction of sp³-hybridized carbons (Fsp3) is 1.00. The van der Waals surface area contributed by atoms with Crippen LogP contribution in [0.4, 0.5) is 0 Å².